The molecule has 114 valence electrons. The fourth-order valence-electron chi connectivity index (χ4n) is 3.47. The average molecular weight is 298 g/mol. The fraction of sp³-hybridized carbons (Fsp3) is 0.867. The van der Waals surface area contributed by atoms with Crippen LogP contribution in [0.15, 0.2) is 0 Å². The van der Waals surface area contributed by atoms with Crippen molar-refractivity contribution < 1.29 is 9.59 Å². The summed E-state index contributed by atoms with van der Waals surface area (Å²) in [6.45, 7) is 6.90. The van der Waals surface area contributed by atoms with Crippen LogP contribution < -0.4 is 0 Å². The lowest BCUT2D eigenvalue weighted by Crippen LogP contribution is -2.69. The molecule has 0 aromatic rings. The second-order valence-corrected chi connectivity index (χ2v) is 7.19. The van der Waals surface area contributed by atoms with Crippen LogP contribution in [0.3, 0.4) is 0 Å². The molecule has 2 aliphatic rings. The number of hydrogen-bond donors (Lipinski definition) is 0. The predicted molar refractivity (Wildman–Crippen MR) is 82.7 cm³/mol. The Morgan fingerprint density at radius 3 is 2.50 bits per heavy atom. The second-order valence-electron chi connectivity index (χ2n) is 6.28. The Morgan fingerprint density at radius 2 is 1.90 bits per heavy atom. The van der Waals surface area contributed by atoms with Gasteiger partial charge in [0.15, 0.2) is 0 Å². The van der Waals surface area contributed by atoms with Gasteiger partial charge in [0.1, 0.15) is 12.1 Å². The highest BCUT2D eigenvalue weighted by Crippen LogP contribution is 2.31. The highest BCUT2D eigenvalue weighted by Gasteiger charge is 2.48. The summed E-state index contributed by atoms with van der Waals surface area (Å²) in [5, 5.41) is 0. The van der Waals surface area contributed by atoms with Crippen molar-refractivity contribution in [3.8, 4) is 0 Å². The summed E-state index contributed by atoms with van der Waals surface area (Å²) < 4.78 is 0. The van der Waals surface area contributed by atoms with Crippen molar-refractivity contribution in [3.63, 3.8) is 0 Å². The number of hydrogen-bond acceptors (Lipinski definition) is 3. The Bertz CT molecular complexity index is 386. The number of carbonyl (C=O) groups is 2. The van der Waals surface area contributed by atoms with Gasteiger partial charge in [-0.1, -0.05) is 13.8 Å². The molecular formula is C15H26N2O2S. The maximum Gasteiger partial charge on any atom is 0.246 e. The largest absolute Gasteiger partial charge is 0.329 e. The van der Waals surface area contributed by atoms with Crippen molar-refractivity contribution in [2.45, 2.75) is 58.2 Å². The first kappa shape index (κ1) is 15.7. The van der Waals surface area contributed by atoms with E-state index in [4.69, 9.17) is 0 Å². The van der Waals surface area contributed by atoms with Crippen molar-refractivity contribution in [1.29, 1.82) is 0 Å². The minimum absolute atomic E-state index is 0.123. The van der Waals surface area contributed by atoms with Gasteiger partial charge in [0, 0.05) is 18.3 Å². The number of rotatable bonds is 4. The molecule has 0 radical (unpaired) electrons. The summed E-state index contributed by atoms with van der Waals surface area (Å²) in [6, 6.07) is -0.354. The summed E-state index contributed by atoms with van der Waals surface area (Å²) >= 11 is 1.73. The molecule has 2 heterocycles. The molecule has 0 N–H and O–H groups in total. The zero-order valence-corrected chi connectivity index (χ0v) is 13.8. The van der Waals surface area contributed by atoms with Crippen molar-refractivity contribution in [2.24, 2.45) is 5.92 Å². The lowest BCUT2D eigenvalue weighted by molar-refractivity contribution is -0.167. The molecule has 0 bridgehead atoms. The molecule has 0 aliphatic carbocycles. The van der Waals surface area contributed by atoms with E-state index in [-0.39, 0.29) is 35.9 Å². The highest BCUT2D eigenvalue weighted by atomic mass is 32.2. The van der Waals surface area contributed by atoms with Crippen molar-refractivity contribution >= 4 is 23.6 Å². The maximum atomic E-state index is 12.9. The van der Waals surface area contributed by atoms with Crippen LogP contribution in [-0.4, -0.2) is 58.3 Å². The summed E-state index contributed by atoms with van der Waals surface area (Å²) in [7, 11) is 0. The van der Waals surface area contributed by atoms with Gasteiger partial charge < -0.3 is 9.80 Å². The van der Waals surface area contributed by atoms with Crippen LogP contribution >= 0.6 is 11.8 Å². The molecule has 2 saturated heterocycles. The molecule has 3 unspecified atom stereocenters. The van der Waals surface area contributed by atoms with E-state index in [0.29, 0.717) is 0 Å². The van der Waals surface area contributed by atoms with Gasteiger partial charge in [-0.25, -0.2) is 0 Å². The van der Waals surface area contributed by atoms with Crippen LogP contribution in [0.4, 0.5) is 0 Å². The maximum absolute atomic E-state index is 12.9. The van der Waals surface area contributed by atoms with E-state index in [1.807, 2.05) is 29.9 Å². The van der Waals surface area contributed by atoms with E-state index < -0.39 is 0 Å². The Balaban J connectivity index is 2.31. The summed E-state index contributed by atoms with van der Waals surface area (Å²) in [4.78, 5) is 29.4. The van der Waals surface area contributed by atoms with E-state index in [9.17, 15) is 9.59 Å². The van der Waals surface area contributed by atoms with Crippen LogP contribution in [0, 0.1) is 5.92 Å². The molecule has 3 atom stereocenters. The smallest absolute Gasteiger partial charge is 0.246 e. The lowest BCUT2D eigenvalue weighted by Gasteiger charge is -2.50. The van der Waals surface area contributed by atoms with Crippen LogP contribution in [-0.2, 0) is 9.59 Å². The number of piperazine rings is 1. The lowest BCUT2D eigenvalue weighted by atomic mass is 9.90. The average Bonchev–Trinajstić information content (AvgIpc) is 2.42. The quantitative estimate of drug-likeness (QED) is 0.797. The van der Waals surface area contributed by atoms with E-state index in [0.717, 1.165) is 31.6 Å². The number of piperidine rings is 1. The predicted octanol–water partition coefficient (Wildman–Crippen LogP) is 1.99. The zero-order valence-electron chi connectivity index (χ0n) is 13.0. The topological polar surface area (TPSA) is 40.6 Å². The van der Waals surface area contributed by atoms with Crippen molar-refractivity contribution in [2.75, 3.05) is 18.6 Å². The van der Waals surface area contributed by atoms with Crippen LogP contribution in [0.2, 0.25) is 0 Å². The van der Waals surface area contributed by atoms with Crippen molar-refractivity contribution in [1.82, 2.24) is 9.80 Å². The Labute approximate surface area is 126 Å². The Morgan fingerprint density at radius 1 is 1.20 bits per heavy atom. The van der Waals surface area contributed by atoms with Gasteiger partial charge in [-0.05, 0) is 38.4 Å². The SMILES string of the molecule is CSCC(C)N1C(=O)C2CCCCN2C(=O)C1C(C)C. The summed E-state index contributed by atoms with van der Waals surface area (Å²) in [6.07, 6.45) is 4.96. The molecule has 0 aromatic heterocycles. The second kappa shape index (κ2) is 6.37. The third-order valence-corrected chi connectivity index (χ3v) is 5.21. The minimum Gasteiger partial charge on any atom is -0.329 e. The molecule has 2 rings (SSSR count). The van der Waals surface area contributed by atoms with E-state index in [1.165, 1.54) is 0 Å². The molecule has 2 aliphatic heterocycles. The van der Waals surface area contributed by atoms with Gasteiger partial charge in [-0.2, -0.15) is 11.8 Å². The Kier molecular flexibility index (Phi) is 4.99. The first-order chi connectivity index (χ1) is 9.49. The third-order valence-electron chi connectivity index (χ3n) is 4.39. The van der Waals surface area contributed by atoms with E-state index in [2.05, 4.69) is 6.92 Å². The molecule has 5 heteroatoms. The summed E-state index contributed by atoms with van der Waals surface area (Å²) in [5.74, 6) is 1.38. The number of nitrogens with zero attached hydrogens (tertiary/aromatic N) is 2. The van der Waals surface area contributed by atoms with Crippen LogP contribution in [0.25, 0.3) is 0 Å². The van der Waals surface area contributed by atoms with Crippen LogP contribution in [0.5, 0.6) is 0 Å². The standard InChI is InChI=1S/C15H26N2O2S/c1-10(2)13-15(19)16-8-6-5-7-12(16)14(18)17(13)11(3)9-20-4/h10-13H,5-9H2,1-4H3. The molecule has 0 saturated carbocycles. The third kappa shape index (κ3) is 2.69. The number of fused-ring (bicyclic) bond motifs is 1. The van der Waals surface area contributed by atoms with Gasteiger partial charge in [-0.15, -0.1) is 0 Å². The normalized spacial score (nSPS) is 28.9. The minimum atomic E-state index is -0.279. The van der Waals surface area contributed by atoms with Gasteiger partial charge in [0.2, 0.25) is 11.8 Å². The van der Waals surface area contributed by atoms with E-state index in [1.54, 1.807) is 11.8 Å². The highest BCUT2D eigenvalue weighted by molar-refractivity contribution is 7.98. The summed E-state index contributed by atoms with van der Waals surface area (Å²) in [5.41, 5.74) is 0. The molecular weight excluding hydrogens is 272 g/mol. The van der Waals surface area contributed by atoms with Gasteiger partial charge in [-0.3, -0.25) is 9.59 Å². The Hall–Kier alpha value is -0.710. The van der Waals surface area contributed by atoms with Gasteiger partial charge >= 0.3 is 0 Å². The van der Waals surface area contributed by atoms with E-state index >= 15 is 0 Å². The molecule has 2 amide bonds. The molecule has 20 heavy (non-hydrogen) atoms. The monoisotopic (exact) mass is 298 g/mol. The fourth-order valence-corrected chi connectivity index (χ4v) is 4.11. The first-order valence-electron chi connectivity index (χ1n) is 7.60. The molecule has 0 aromatic carbocycles. The van der Waals surface area contributed by atoms with Crippen molar-refractivity contribution in [3.05, 3.63) is 0 Å². The van der Waals surface area contributed by atoms with Crippen LogP contribution in [0.1, 0.15) is 40.0 Å². The van der Waals surface area contributed by atoms with Gasteiger partial charge in [0.05, 0.1) is 0 Å². The zero-order chi connectivity index (χ0) is 14.9. The molecule has 2 fully saturated rings. The number of carbonyl (C=O) groups excluding carboxylic acids is 2. The molecule has 0 spiro atoms. The van der Waals surface area contributed by atoms with Gasteiger partial charge in [0.25, 0.3) is 0 Å². The molecule has 4 nitrogen and oxygen atoms in total. The number of thioether (sulfide) groups is 1. The number of amides is 2. The first-order valence-corrected chi connectivity index (χ1v) is 9.00.